The van der Waals surface area contributed by atoms with Crippen molar-refractivity contribution in [3.05, 3.63) is 34.4 Å². The molecule has 0 fully saturated rings. The monoisotopic (exact) mass is 410 g/mol. The predicted octanol–water partition coefficient (Wildman–Crippen LogP) is 5.75. The SMILES string of the molecule is CC(C)(C)OC(=O)N(CCCO[Si](C)(C)C(C)(C)C)c1ccccc1[N+](=O)[O-]. The molecule has 1 rings (SSSR count). The Labute approximate surface area is 169 Å². The van der Waals surface area contributed by atoms with Gasteiger partial charge in [-0.2, -0.15) is 0 Å². The van der Waals surface area contributed by atoms with Crippen LogP contribution in [0.2, 0.25) is 18.1 Å². The van der Waals surface area contributed by atoms with E-state index in [0.29, 0.717) is 13.0 Å². The molecule has 0 radical (unpaired) electrons. The maximum absolute atomic E-state index is 12.7. The summed E-state index contributed by atoms with van der Waals surface area (Å²) in [5.74, 6) is 0. The van der Waals surface area contributed by atoms with E-state index in [1.807, 2.05) is 0 Å². The average molecular weight is 411 g/mol. The van der Waals surface area contributed by atoms with E-state index in [2.05, 4.69) is 33.9 Å². The van der Waals surface area contributed by atoms with Crippen LogP contribution in [-0.4, -0.2) is 38.1 Å². The fourth-order valence-corrected chi connectivity index (χ4v) is 3.33. The van der Waals surface area contributed by atoms with Crippen molar-refractivity contribution in [3.63, 3.8) is 0 Å². The molecule has 0 aromatic heterocycles. The molecule has 0 spiro atoms. The number of carbonyl (C=O) groups excluding carboxylic acids is 1. The highest BCUT2D eigenvalue weighted by atomic mass is 28.4. The molecule has 0 N–H and O–H groups in total. The van der Waals surface area contributed by atoms with Gasteiger partial charge in [0.1, 0.15) is 11.3 Å². The predicted molar refractivity (Wildman–Crippen MR) is 114 cm³/mol. The maximum atomic E-state index is 12.7. The fraction of sp³-hybridized carbons (Fsp3) is 0.650. The maximum Gasteiger partial charge on any atom is 0.415 e. The second kappa shape index (κ2) is 9.04. The molecule has 28 heavy (non-hydrogen) atoms. The highest BCUT2D eigenvalue weighted by Crippen LogP contribution is 2.36. The van der Waals surface area contributed by atoms with Crippen molar-refractivity contribution in [1.29, 1.82) is 0 Å². The van der Waals surface area contributed by atoms with Crippen molar-refractivity contribution in [2.75, 3.05) is 18.1 Å². The van der Waals surface area contributed by atoms with Gasteiger partial charge in [-0.25, -0.2) is 4.79 Å². The summed E-state index contributed by atoms with van der Waals surface area (Å²) in [6.45, 7) is 16.9. The molecule has 0 saturated carbocycles. The summed E-state index contributed by atoms with van der Waals surface area (Å²) in [6, 6.07) is 6.21. The lowest BCUT2D eigenvalue weighted by Crippen LogP contribution is -2.42. The molecule has 0 heterocycles. The van der Waals surface area contributed by atoms with Crippen LogP contribution >= 0.6 is 0 Å². The lowest BCUT2D eigenvalue weighted by atomic mass is 10.2. The van der Waals surface area contributed by atoms with Crippen molar-refractivity contribution < 1.29 is 18.9 Å². The van der Waals surface area contributed by atoms with Gasteiger partial charge in [0.15, 0.2) is 8.32 Å². The standard InChI is InChI=1S/C20H34N2O5Si/c1-19(2,3)27-18(23)21(16-12-9-10-13-17(16)22(24)25)14-11-15-26-28(7,8)20(4,5)6/h9-10,12-13H,11,14-15H2,1-8H3. The van der Waals surface area contributed by atoms with Crippen molar-refractivity contribution in [2.24, 2.45) is 0 Å². The van der Waals surface area contributed by atoms with Gasteiger partial charge in [0, 0.05) is 19.2 Å². The average Bonchev–Trinajstić information content (AvgIpc) is 2.51. The number of nitro groups is 1. The number of hydrogen-bond acceptors (Lipinski definition) is 5. The number of para-hydroxylation sites is 2. The highest BCUT2D eigenvalue weighted by molar-refractivity contribution is 6.74. The van der Waals surface area contributed by atoms with Crippen LogP contribution in [0.15, 0.2) is 24.3 Å². The van der Waals surface area contributed by atoms with E-state index in [1.165, 1.54) is 11.0 Å². The zero-order chi connectivity index (χ0) is 21.8. The number of amides is 1. The molecular formula is C20H34N2O5Si. The topological polar surface area (TPSA) is 81.9 Å². The molecule has 0 saturated heterocycles. The molecular weight excluding hydrogens is 376 g/mol. The first-order chi connectivity index (χ1) is 12.7. The third-order valence-electron chi connectivity index (χ3n) is 4.78. The van der Waals surface area contributed by atoms with E-state index in [0.717, 1.165) is 0 Å². The van der Waals surface area contributed by atoms with Crippen LogP contribution in [0.3, 0.4) is 0 Å². The van der Waals surface area contributed by atoms with Crippen LogP contribution in [-0.2, 0) is 9.16 Å². The van der Waals surface area contributed by atoms with E-state index in [9.17, 15) is 14.9 Å². The number of anilines is 1. The molecule has 1 amide bonds. The molecule has 1 aromatic rings. The van der Waals surface area contributed by atoms with Crippen LogP contribution in [0.25, 0.3) is 0 Å². The van der Waals surface area contributed by atoms with Gasteiger partial charge < -0.3 is 9.16 Å². The highest BCUT2D eigenvalue weighted by Gasteiger charge is 2.37. The van der Waals surface area contributed by atoms with E-state index < -0.39 is 24.9 Å². The number of nitrogens with zero attached hydrogens (tertiary/aromatic N) is 2. The summed E-state index contributed by atoms with van der Waals surface area (Å²) in [6.07, 6.45) is -0.0493. The van der Waals surface area contributed by atoms with Crippen molar-refractivity contribution >= 4 is 25.8 Å². The molecule has 158 valence electrons. The Balaban J connectivity index is 2.98. The van der Waals surface area contributed by atoms with Gasteiger partial charge in [0.25, 0.3) is 5.69 Å². The summed E-state index contributed by atoms with van der Waals surface area (Å²) in [5, 5.41) is 11.5. The number of ether oxygens (including phenoxy) is 1. The van der Waals surface area contributed by atoms with Crippen LogP contribution in [0.5, 0.6) is 0 Å². The number of hydrogen-bond donors (Lipinski definition) is 0. The Kier molecular flexibility index (Phi) is 7.79. The van der Waals surface area contributed by atoms with E-state index in [1.54, 1.807) is 39.0 Å². The Morgan fingerprint density at radius 2 is 1.71 bits per heavy atom. The Morgan fingerprint density at radius 3 is 2.21 bits per heavy atom. The first-order valence-corrected chi connectivity index (χ1v) is 12.4. The fourth-order valence-electron chi connectivity index (χ4n) is 2.24. The lowest BCUT2D eigenvalue weighted by Gasteiger charge is -2.36. The van der Waals surface area contributed by atoms with Gasteiger partial charge in [-0.05, 0) is 51.4 Å². The minimum absolute atomic E-state index is 0.0933. The molecule has 7 nitrogen and oxygen atoms in total. The Bertz CT molecular complexity index is 693. The van der Waals surface area contributed by atoms with Crippen molar-refractivity contribution in [2.45, 2.75) is 71.7 Å². The minimum Gasteiger partial charge on any atom is -0.443 e. The first-order valence-electron chi connectivity index (χ1n) is 9.53. The number of benzene rings is 1. The number of rotatable bonds is 7. The Hall–Kier alpha value is -1.93. The first kappa shape index (κ1) is 24.1. The second-order valence-corrected chi connectivity index (χ2v) is 14.1. The zero-order valence-electron chi connectivity index (χ0n) is 18.4. The van der Waals surface area contributed by atoms with E-state index >= 15 is 0 Å². The summed E-state index contributed by atoms with van der Waals surface area (Å²) < 4.78 is 11.6. The van der Waals surface area contributed by atoms with E-state index in [4.69, 9.17) is 9.16 Å². The molecule has 0 atom stereocenters. The summed E-state index contributed by atoms with van der Waals surface area (Å²) in [5.41, 5.74) is -0.593. The summed E-state index contributed by atoms with van der Waals surface area (Å²) in [7, 11) is -1.89. The van der Waals surface area contributed by atoms with Crippen LogP contribution < -0.4 is 4.90 Å². The van der Waals surface area contributed by atoms with Gasteiger partial charge in [-0.1, -0.05) is 32.9 Å². The lowest BCUT2D eigenvalue weighted by molar-refractivity contribution is -0.384. The van der Waals surface area contributed by atoms with Gasteiger partial charge in [-0.3, -0.25) is 15.0 Å². The molecule has 1 aromatic carbocycles. The normalized spacial score (nSPS) is 12.6. The molecule has 0 bridgehead atoms. The molecule has 0 unspecified atom stereocenters. The van der Waals surface area contributed by atoms with E-state index in [-0.39, 0.29) is 23.0 Å². The largest absolute Gasteiger partial charge is 0.443 e. The molecule has 0 aliphatic rings. The third-order valence-corrected chi connectivity index (χ3v) is 9.32. The van der Waals surface area contributed by atoms with Crippen LogP contribution in [0.1, 0.15) is 48.0 Å². The van der Waals surface area contributed by atoms with Crippen LogP contribution in [0, 0.1) is 10.1 Å². The van der Waals surface area contributed by atoms with Crippen molar-refractivity contribution in [1.82, 2.24) is 0 Å². The van der Waals surface area contributed by atoms with Crippen LogP contribution in [0.4, 0.5) is 16.2 Å². The minimum atomic E-state index is -1.89. The summed E-state index contributed by atoms with van der Waals surface area (Å²) in [4.78, 5) is 25.0. The number of nitro benzene ring substituents is 1. The van der Waals surface area contributed by atoms with Gasteiger partial charge in [-0.15, -0.1) is 0 Å². The van der Waals surface area contributed by atoms with Crippen molar-refractivity contribution in [3.8, 4) is 0 Å². The van der Waals surface area contributed by atoms with Gasteiger partial charge in [0.05, 0.1) is 4.92 Å². The summed E-state index contributed by atoms with van der Waals surface area (Å²) >= 11 is 0. The second-order valence-electron chi connectivity index (χ2n) is 9.34. The molecule has 0 aliphatic carbocycles. The smallest absolute Gasteiger partial charge is 0.415 e. The quantitative estimate of drug-likeness (QED) is 0.247. The van der Waals surface area contributed by atoms with Gasteiger partial charge in [0.2, 0.25) is 0 Å². The molecule has 0 aliphatic heterocycles. The Morgan fingerprint density at radius 1 is 1.14 bits per heavy atom. The van der Waals surface area contributed by atoms with Gasteiger partial charge >= 0.3 is 6.09 Å². The number of carbonyl (C=O) groups is 1. The molecule has 8 heteroatoms. The third kappa shape index (κ3) is 6.90. The zero-order valence-corrected chi connectivity index (χ0v) is 19.4.